The maximum atomic E-state index is 11.7. The van der Waals surface area contributed by atoms with Gasteiger partial charge >= 0.3 is 0 Å². The van der Waals surface area contributed by atoms with Gasteiger partial charge in [0.25, 0.3) is 0 Å². The summed E-state index contributed by atoms with van der Waals surface area (Å²) in [5.74, 6) is 0.787. The summed E-state index contributed by atoms with van der Waals surface area (Å²) >= 11 is 7.46. The smallest absolute Gasteiger partial charge is 0.225 e. The predicted molar refractivity (Wildman–Crippen MR) is 81.9 cm³/mol. The molecule has 4 heteroatoms. The molecule has 1 amide bonds. The van der Waals surface area contributed by atoms with Gasteiger partial charge in [0, 0.05) is 27.8 Å². The minimum Gasteiger partial charge on any atom is -0.326 e. The van der Waals surface area contributed by atoms with Crippen LogP contribution in [0.2, 0.25) is 5.02 Å². The number of nitrogens with one attached hydrogen (secondary N) is 1. The minimum absolute atomic E-state index is 0.0192. The minimum atomic E-state index is 0.0192. The molecule has 0 aliphatic carbocycles. The zero-order valence-electron chi connectivity index (χ0n) is 10.3. The van der Waals surface area contributed by atoms with Crippen LogP contribution < -0.4 is 5.32 Å². The van der Waals surface area contributed by atoms with E-state index in [1.165, 1.54) is 4.90 Å². The van der Waals surface area contributed by atoms with Crippen molar-refractivity contribution in [2.75, 3.05) is 11.1 Å². The van der Waals surface area contributed by atoms with E-state index >= 15 is 0 Å². The first-order chi connectivity index (χ1) is 9.24. The Morgan fingerprint density at radius 1 is 1.05 bits per heavy atom. The Morgan fingerprint density at radius 2 is 1.74 bits per heavy atom. The third-order valence-electron chi connectivity index (χ3n) is 2.47. The number of benzene rings is 2. The lowest BCUT2D eigenvalue weighted by Gasteiger charge is -2.05. The van der Waals surface area contributed by atoms with Gasteiger partial charge in [0.2, 0.25) is 5.91 Å². The zero-order valence-corrected chi connectivity index (χ0v) is 11.9. The molecule has 0 aliphatic rings. The normalized spacial score (nSPS) is 10.2. The molecule has 0 saturated carbocycles. The Bertz CT molecular complexity index is 528. The fourth-order valence-corrected chi connectivity index (χ4v) is 2.53. The highest BCUT2D eigenvalue weighted by atomic mass is 35.5. The fraction of sp³-hybridized carbons (Fsp3) is 0.133. The molecular formula is C15H14ClNOS. The number of anilines is 1. The van der Waals surface area contributed by atoms with Crippen LogP contribution in [0.5, 0.6) is 0 Å². The monoisotopic (exact) mass is 291 g/mol. The quantitative estimate of drug-likeness (QED) is 0.824. The van der Waals surface area contributed by atoms with Gasteiger partial charge in [-0.25, -0.2) is 0 Å². The highest BCUT2D eigenvalue weighted by Crippen LogP contribution is 2.18. The molecule has 0 spiro atoms. The van der Waals surface area contributed by atoms with Crippen molar-refractivity contribution in [1.82, 2.24) is 0 Å². The molecule has 2 aromatic rings. The van der Waals surface area contributed by atoms with Crippen molar-refractivity contribution in [3.63, 3.8) is 0 Å². The van der Waals surface area contributed by atoms with Crippen molar-refractivity contribution in [3.05, 3.63) is 59.6 Å². The standard InChI is InChI=1S/C15H14ClNOS/c16-12-6-8-13(9-7-12)17-15(18)10-11-19-14-4-2-1-3-5-14/h1-9H,10-11H2,(H,17,18). The summed E-state index contributed by atoms with van der Waals surface area (Å²) in [6.07, 6.45) is 0.488. The van der Waals surface area contributed by atoms with Gasteiger partial charge in [-0.05, 0) is 36.4 Å². The summed E-state index contributed by atoms with van der Waals surface area (Å²) < 4.78 is 0. The van der Waals surface area contributed by atoms with Crippen LogP contribution in [0.3, 0.4) is 0 Å². The SMILES string of the molecule is O=C(CCSc1ccccc1)Nc1ccc(Cl)cc1. The highest BCUT2D eigenvalue weighted by molar-refractivity contribution is 7.99. The van der Waals surface area contributed by atoms with Crippen LogP contribution >= 0.6 is 23.4 Å². The summed E-state index contributed by atoms with van der Waals surface area (Å²) in [7, 11) is 0. The number of hydrogen-bond acceptors (Lipinski definition) is 2. The first kappa shape index (κ1) is 14.0. The molecule has 2 nitrogen and oxygen atoms in total. The lowest BCUT2D eigenvalue weighted by molar-refractivity contribution is -0.115. The number of rotatable bonds is 5. The van der Waals surface area contributed by atoms with E-state index in [2.05, 4.69) is 5.32 Å². The van der Waals surface area contributed by atoms with Gasteiger partial charge in [-0.3, -0.25) is 4.79 Å². The van der Waals surface area contributed by atoms with Crippen LogP contribution in [0, 0.1) is 0 Å². The molecule has 19 heavy (non-hydrogen) atoms. The Kier molecular flexibility index (Phi) is 5.31. The molecular weight excluding hydrogens is 278 g/mol. The van der Waals surface area contributed by atoms with Gasteiger partial charge in [-0.2, -0.15) is 0 Å². The third kappa shape index (κ3) is 4.97. The number of thioether (sulfide) groups is 1. The molecule has 0 unspecified atom stereocenters. The number of amides is 1. The molecule has 0 radical (unpaired) electrons. The Morgan fingerprint density at radius 3 is 2.42 bits per heavy atom. The van der Waals surface area contributed by atoms with Crippen molar-refractivity contribution < 1.29 is 4.79 Å². The number of carbonyl (C=O) groups excluding carboxylic acids is 1. The summed E-state index contributed by atoms with van der Waals surface area (Å²) in [4.78, 5) is 12.9. The van der Waals surface area contributed by atoms with E-state index in [4.69, 9.17) is 11.6 Å². The Labute approximate surface area is 122 Å². The number of carbonyl (C=O) groups is 1. The topological polar surface area (TPSA) is 29.1 Å². The maximum Gasteiger partial charge on any atom is 0.225 e. The second kappa shape index (κ2) is 7.22. The fourth-order valence-electron chi connectivity index (χ4n) is 1.54. The van der Waals surface area contributed by atoms with E-state index < -0.39 is 0 Å². The first-order valence-corrected chi connectivity index (χ1v) is 7.34. The second-order valence-electron chi connectivity index (χ2n) is 3.97. The average molecular weight is 292 g/mol. The van der Waals surface area contributed by atoms with Crippen LogP contribution in [0.1, 0.15) is 6.42 Å². The van der Waals surface area contributed by atoms with Crippen LogP contribution in [0.15, 0.2) is 59.5 Å². The lowest BCUT2D eigenvalue weighted by atomic mass is 10.3. The van der Waals surface area contributed by atoms with Crippen LogP contribution in [0.25, 0.3) is 0 Å². The molecule has 2 rings (SSSR count). The zero-order chi connectivity index (χ0) is 13.5. The number of halogens is 1. The van der Waals surface area contributed by atoms with Gasteiger partial charge in [0.05, 0.1) is 0 Å². The highest BCUT2D eigenvalue weighted by Gasteiger charge is 2.02. The maximum absolute atomic E-state index is 11.7. The molecule has 0 heterocycles. The van der Waals surface area contributed by atoms with Gasteiger partial charge in [0.15, 0.2) is 0 Å². The van der Waals surface area contributed by atoms with Crippen molar-refractivity contribution in [2.45, 2.75) is 11.3 Å². The van der Waals surface area contributed by atoms with Gasteiger partial charge in [-0.1, -0.05) is 29.8 Å². The molecule has 0 fully saturated rings. The van der Waals surface area contributed by atoms with Crippen molar-refractivity contribution in [2.24, 2.45) is 0 Å². The molecule has 0 aliphatic heterocycles. The van der Waals surface area contributed by atoms with E-state index in [0.717, 1.165) is 11.4 Å². The van der Waals surface area contributed by atoms with E-state index in [-0.39, 0.29) is 5.91 Å². The van der Waals surface area contributed by atoms with E-state index in [0.29, 0.717) is 11.4 Å². The van der Waals surface area contributed by atoms with Gasteiger partial charge < -0.3 is 5.32 Å². The molecule has 2 aromatic carbocycles. The molecule has 0 atom stereocenters. The van der Waals surface area contributed by atoms with E-state index in [1.54, 1.807) is 36.0 Å². The second-order valence-corrected chi connectivity index (χ2v) is 5.57. The molecule has 1 N–H and O–H groups in total. The summed E-state index contributed by atoms with van der Waals surface area (Å²) in [6.45, 7) is 0. The predicted octanol–water partition coefficient (Wildman–Crippen LogP) is 4.46. The van der Waals surface area contributed by atoms with E-state index in [9.17, 15) is 4.79 Å². The molecule has 0 aromatic heterocycles. The molecule has 0 bridgehead atoms. The van der Waals surface area contributed by atoms with Crippen LogP contribution in [-0.2, 0) is 4.79 Å². The van der Waals surface area contributed by atoms with Gasteiger partial charge in [0.1, 0.15) is 0 Å². The summed E-state index contributed by atoms with van der Waals surface area (Å²) in [6, 6.07) is 17.2. The summed E-state index contributed by atoms with van der Waals surface area (Å²) in [5.41, 5.74) is 0.777. The van der Waals surface area contributed by atoms with Gasteiger partial charge in [-0.15, -0.1) is 11.8 Å². The molecule has 0 saturated heterocycles. The first-order valence-electron chi connectivity index (χ1n) is 5.97. The van der Waals surface area contributed by atoms with Crippen molar-refractivity contribution in [1.29, 1.82) is 0 Å². The third-order valence-corrected chi connectivity index (χ3v) is 3.73. The largest absolute Gasteiger partial charge is 0.326 e. The number of hydrogen-bond donors (Lipinski definition) is 1. The lowest BCUT2D eigenvalue weighted by Crippen LogP contribution is -2.11. The van der Waals surface area contributed by atoms with Crippen LogP contribution in [0.4, 0.5) is 5.69 Å². The van der Waals surface area contributed by atoms with Crippen LogP contribution in [-0.4, -0.2) is 11.7 Å². The Balaban J connectivity index is 1.74. The van der Waals surface area contributed by atoms with Crippen molar-refractivity contribution in [3.8, 4) is 0 Å². The van der Waals surface area contributed by atoms with Crippen molar-refractivity contribution >= 4 is 35.0 Å². The Hall–Kier alpha value is -1.45. The summed E-state index contributed by atoms with van der Waals surface area (Å²) in [5, 5.41) is 3.51. The molecule has 98 valence electrons. The van der Waals surface area contributed by atoms with E-state index in [1.807, 2.05) is 30.3 Å². The average Bonchev–Trinajstić information content (AvgIpc) is 2.43.